The largest absolute Gasteiger partial charge is 0.350 e. The molecule has 0 aliphatic heterocycles. The number of aromatic amines is 1. The number of para-hydroxylation sites is 2. The van der Waals surface area contributed by atoms with Crippen LogP contribution in [0.4, 0.5) is 0 Å². The van der Waals surface area contributed by atoms with E-state index in [-0.39, 0.29) is 11.6 Å². The van der Waals surface area contributed by atoms with Gasteiger partial charge in [-0.1, -0.05) is 12.1 Å². The first-order chi connectivity index (χ1) is 10.3. The maximum atomic E-state index is 11.9. The van der Waals surface area contributed by atoms with Gasteiger partial charge in [0.15, 0.2) is 0 Å². The fourth-order valence-electron chi connectivity index (χ4n) is 2.21. The molecule has 0 fully saturated rings. The van der Waals surface area contributed by atoms with Crippen LogP contribution in [0.2, 0.25) is 0 Å². The number of carbonyl (C=O) groups excluding carboxylic acids is 1. The number of aromatic nitrogens is 3. The van der Waals surface area contributed by atoms with E-state index in [1.54, 1.807) is 22.9 Å². The molecule has 0 atom stereocenters. The number of hydrogen-bond acceptors (Lipinski definition) is 3. The number of H-pyrrole nitrogens is 1. The minimum atomic E-state index is -0.198. The number of hydrogen-bond donors (Lipinski definition) is 2. The topological polar surface area (TPSA) is 79.8 Å². The third kappa shape index (κ3) is 2.69. The number of pyridine rings is 1. The standard InChI is InChI=1S/C15H14N4O2/c20-14(11-4-3-7-16-10-11)17-8-9-19-13-6-2-1-5-12(13)18-15(19)21/h1-7,10H,8-9H2,(H,17,20)(H,18,21). The van der Waals surface area contributed by atoms with Crippen molar-refractivity contribution in [3.63, 3.8) is 0 Å². The number of imidazole rings is 1. The zero-order valence-corrected chi connectivity index (χ0v) is 11.2. The van der Waals surface area contributed by atoms with E-state index in [0.29, 0.717) is 18.7 Å². The van der Waals surface area contributed by atoms with Crippen molar-refractivity contribution >= 4 is 16.9 Å². The highest BCUT2D eigenvalue weighted by molar-refractivity contribution is 5.93. The number of fused-ring (bicyclic) bond motifs is 1. The monoisotopic (exact) mass is 282 g/mol. The van der Waals surface area contributed by atoms with Crippen LogP contribution in [-0.4, -0.2) is 27.0 Å². The van der Waals surface area contributed by atoms with E-state index >= 15 is 0 Å². The Kier molecular flexibility index (Phi) is 3.51. The summed E-state index contributed by atoms with van der Waals surface area (Å²) < 4.78 is 1.61. The number of carbonyl (C=O) groups is 1. The van der Waals surface area contributed by atoms with E-state index in [9.17, 15) is 9.59 Å². The van der Waals surface area contributed by atoms with Crippen LogP contribution in [0.25, 0.3) is 11.0 Å². The zero-order chi connectivity index (χ0) is 14.7. The molecular formula is C15H14N4O2. The first-order valence-corrected chi connectivity index (χ1v) is 6.61. The molecule has 106 valence electrons. The van der Waals surface area contributed by atoms with Gasteiger partial charge in [0.25, 0.3) is 5.91 Å². The van der Waals surface area contributed by atoms with Crippen molar-refractivity contribution < 1.29 is 4.79 Å². The molecule has 0 bridgehead atoms. The highest BCUT2D eigenvalue weighted by Crippen LogP contribution is 2.08. The SMILES string of the molecule is O=C(NCCn1c(=O)[nH]c2ccccc21)c1cccnc1. The van der Waals surface area contributed by atoms with E-state index in [1.807, 2.05) is 24.3 Å². The molecule has 0 spiro atoms. The molecule has 1 aromatic carbocycles. The lowest BCUT2D eigenvalue weighted by atomic mass is 10.3. The molecule has 0 aliphatic rings. The van der Waals surface area contributed by atoms with Gasteiger partial charge in [-0.15, -0.1) is 0 Å². The lowest BCUT2D eigenvalue weighted by molar-refractivity contribution is 0.0952. The number of rotatable bonds is 4. The first kappa shape index (κ1) is 13.1. The van der Waals surface area contributed by atoms with Gasteiger partial charge in [-0.25, -0.2) is 4.79 Å². The lowest BCUT2D eigenvalue weighted by Crippen LogP contribution is -2.30. The summed E-state index contributed by atoms with van der Waals surface area (Å²) in [5.41, 5.74) is 1.95. The van der Waals surface area contributed by atoms with Crippen molar-refractivity contribution in [3.8, 4) is 0 Å². The predicted molar refractivity (Wildman–Crippen MR) is 79.1 cm³/mol. The van der Waals surface area contributed by atoms with Gasteiger partial charge in [0, 0.05) is 25.5 Å². The van der Waals surface area contributed by atoms with Crippen molar-refractivity contribution in [3.05, 3.63) is 64.8 Å². The van der Waals surface area contributed by atoms with Gasteiger partial charge >= 0.3 is 5.69 Å². The quantitative estimate of drug-likeness (QED) is 0.753. The minimum absolute atomic E-state index is 0.174. The van der Waals surface area contributed by atoms with E-state index in [4.69, 9.17) is 0 Å². The average Bonchev–Trinajstić information content (AvgIpc) is 2.84. The van der Waals surface area contributed by atoms with Crippen LogP contribution < -0.4 is 11.0 Å². The van der Waals surface area contributed by atoms with Crippen molar-refractivity contribution in [2.75, 3.05) is 6.54 Å². The fraction of sp³-hybridized carbons (Fsp3) is 0.133. The Morgan fingerprint density at radius 2 is 2.10 bits per heavy atom. The van der Waals surface area contributed by atoms with Crippen LogP contribution in [0.3, 0.4) is 0 Å². The second kappa shape index (κ2) is 5.62. The van der Waals surface area contributed by atoms with Crippen LogP contribution in [-0.2, 0) is 6.54 Å². The Morgan fingerprint density at radius 1 is 1.24 bits per heavy atom. The Bertz CT molecular complexity index is 820. The fourth-order valence-corrected chi connectivity index (χ4v) is 2.21. The molecule has 2 N–H and O–H groups in total. The molecule has 2 aromatic heterocycles. The van der Waals surface area contributed by atoms with Crippen molar-refractivity contribution in [1.29, 1.82) is 0 Å². The summed E-state index contributed by atoms with van der Waals surface area (Å²) in [4.78, 5) is 30.4. The second-order valence-electron chi connectivity index (χ2n) is 4.60. The average molecular weight is 282 g/mol. The molecule has 2 heterocycles. The molecule has 1 amide bonds. The molecule has 3 rings (SSSR count). The molecule has 3 aromatic rings. The Labute approximate surface area is 120 Å². The van der Waals surface area contributed by atoms with Gasteiger partial charge in [0.1, 0.15) is 0 Å². The highest BCUT2D eigenvalue weighted by Gasteiger charge is 2.07. The van der Waals surface area contributed by atoms with Crippen molar-refractivity contribution in [2.45, 2.75) is 6.54 Å². The summed E-state index contributed by atoms with van der Waals surface area (Å²) in [5.74, 6) is -0.198. The van der Waals surface area contributed by atoms with E-state index in [1.165, 1.54) is 6.20 Å². The number of nitrogens with one attached hydrogen (secondary N) is 2. The molecule has 0 aliphatic carbocycles. The van der Waals surface area contributed by atoms with Crippen LogP contribution in [0.15, 0.2) is 53.6 Å². The summed E-state index contributed by atoms with van der Waals surface area (Å²) in [6, 6.07) is 10.9. The smallest absolute Gasteiger partial charge is 0.326 e. The van der Waals surface area contributed by atoms with Crippen LogP contribution in [0, 0.1) is 0 Å². The Hall–Kier alpha value is -2.89. The van der Waals surface area contributed by atoms with Crippen LogP contribution >= 0.6 is 0 Å². The molecule has 6 nitrogen and oxygen atoms in total. The van der Waals surface area contributed by atoms with Crippen LogP contribution in [0.1, 0.15) is 10.4 Å². The number of benzene rings is 1. The van der Waals surface area contributed by atoms with Gasteiger partial charge < -0.3 is 10.3 Å². The summed E-state index contributed by atoms with van der Waals surface area (Å²) in [5, 5.41) is 2.78. The summed E-state index contributed by atoms with van der Waals surface area (Å²) in [7, 11) is 0. The third-order valence-corrected chi connectivity index (χ3v) is 3.23. The van der Waals surface area contributed by atoms with E-state index in [0.717, 1.165) is 11.0 Å². The molecule has 0 radical (unpaired) electrons. The van der Waals surface area contributed by atoms with E-state index < -0.39 is 0 Å². The molecule has 6 heteroatoms. The predicted octanol–water partition coefficient (Wildman–Crippen LogP) is 1.15. The third-order valence-electron chi connectivity index (χ3n) is 3.23. The highest BCUT2D eigenvalue weighted by atomic mass is 16.2. The maximum absolute atomic E-state index is 11.9. The first-order valence-electron chi connectivity index (χ1n) is 6.61. The normalized spacial score (nSPS) is 10.7. The lowest BCUT2D eigenvalue weighted by Gasteiger charge is -2.06. The van der Waals surface area contributed by atoms with Crippen LogP contribution in [0.5, 0.6) is 0 Å². The summed E-state index contributed by atoms with van der Waals surface area (Å²) in [6.07, 6.45) is 3.12. The van der Waals surface area contributed by atoms with E-state index in [2.05, 4.69) is 15.3 Å². The zero-order valence-electron chi connectivity index (χ0n) is 11.2. The maximum Gasteiger partial charge on any atom is 0.326 e. The summed E-state index contributed by atoms with van der Waals surface area (Å²) in [6.45, 7) is 0.782. The van der Waals surface area contributed by atoms with Gasteiger partial charge in [-0.05, 0) is 24.3 Å². The molecule has 0 unspecified atom stereocenters. The minimum Gasteiger partial charge on any atom is -0.350 e. The molecule has 0 saturated heterocycles. The number of nitrogens with zero attached hydrogens (tertiary/aromatic N) is 2. The number of amides is 1. The Balaban J connectivity index is 1.69. The van der Waals surface area contributed by atoms with Crippen molar-refractivity contribution in [2.24, 2.45) is 0 Å². The van der Waals surface area contributed by atoms with Gasteiger partial charge in [-0.3, -0.25) is 14.3 Å². The van der Waals surface area contributed by atoms with Crippen molar-refractivity contribution in [1.82, 2.24) is 19.9 Å². The van der Waals surface area contributed by atoms with Gasteiger partial charge in [0.05, 0.1) is 16.6 Å². The van der Waals surface area contributed by atoms with Gasteiger partial charge in [0.2, 0.25) is 0 Å². The second-order valence-corrected chi connectivity index (χ2v) is 4.60. The molecule has 21 heavy (non-hydrogen) atoms. The van der Waals surface area contributed by atoms with Gasteiger partial charge in [-0.2, -0.15) is 0 Å². The summed E-state index contributed by atoms with van der Waals surface area (Å²) >= 11 is 0. The Morgan fingerprint density at radius 3 is 2.90 bits per heavy atom. The molecular weight excluding hydrogens is 268 g/mol. The molecule has 0 saturated carbocycles.